The second kappa shape index (κ2) is 6.92. The lowest BCUT2D eigenvalue weighted by Crippen LogP contribution is -2.45. The van der Waals surface area contributed by atoms with E-state index in [0.717, 1.165) is 17.3 Å². The number of carbonyl (C=O) groups is 1. The summed E-state index contributed by atoms with van der Waals surface area (Å²) in [5.74, 6) is 0.424. The van der Waals surface area contributed by atoms with E-state index in [1.807, 2.05) is 18.0 Å². The molecule has 2 rings (SSSR count). The largest absolute Gasteiger partial charge is 0.338 e. The van der Waals surface area contributed by atoms with Crippen molar-refractivity contribution >= 4 is 33.4 Å². The summed E-state index contributed by atoms with van der Waals surface area (Å²) in [6, 6.07) is 5.56. The Morgan fingerprint density at radius 2 is 2.15 bits per heavy atom. The van der Waals surface area contributed by atoms with Gasteiger partial charge in [0, 0.05) is 23.1 Å². The quantitative estimate of drug-likeness (QED) is 0.894. The molecule has 0 spiro atoms. The van der Waals surface area contributed by atoms with Crippen molar-refractivity contribution in [2.45, 2.75) is 31.7 Å². The fourth-order valence-electron chi connectivity index (χ4n) is 2.96. The van der Waals surface area contributed by atoms with E-state index in [4.69, 9.17) is 17.3 Å². The molecule has 2 unspecified atom stereocenters. The first-order valence-corrected chi connectivity index (χ1v) is 8.14. The lowest BCUT2D eigenvalue weighted by molar-refractivity contribution is 0.0620. The molecule has 20 heavy (non-hydrogen) atoms. The van der Waals surface area contributed by atoms with Crippen LogP contribution in [0.2, 0.25) is 5.02 Å². The van der Waals surface area contributed by atoms with Gasteiger partial charge in [0.15, 0.2) is 0 Å². The molecular formula is C15H20BrClN2O. The molecule has 2 N–H and O–H groups in total. The Balaban J connectivity index is 2.16. The molecule has 0 radical (unpaired) electrons. The lowest BCUT2D eigenvalue weighted by Gasteiger charge is -2.37. The van der Waals surface area contributed by atoms with Gasteiger partial charge < -0.3 is 10.6 Å². The highest BCUT2D eigenvalue weighted by molar-refractivity contribution is 9.10. The van der Waals surface area contributed by atoms with E-state index in [-0.39, 0.29) is 11.9 Å². The van der Waals surface area contributed by atoms with Crippen LogP contribution in [0.15, 0.2) is 22.7 Å². The number of hydrogen-bond donors (Lipinski definition) is 1. The Bertz CT molecular complexity index is 495. The van der Waals surface area contributed by atoms with Crippen LogP contribution >= 0.6 is 27.5 Å². The molecule has 0 aliphatic heterocycles. The fourth-order valence-corrected chi connectivity index (χ4v) is 3.38. The lowest BCUT2D eigenvalue weighted by atomic mass is 9.83. The summed E-state index contributed by atoms with van der Waals surface area (Å²) < 4.78 is 0.802. The Morgan fingerprint density at radius 3 is 2.80 bits per heavy atom. The van der Waals surface area contributed by atoms with Crippen molar-refractivity contribution < 1.29 is 4.79 Å². The molecule has 1 aromatic carbocycles. The van der Waals surface area contributed by atoms with E-state index < -0.39 is 0 Å². The van der Waals surface area contributed by atoms with Crippen molar-refractivity contribution in [3.63, 3.8) is 0 Å². The van der Waals surface area contributed by atoms with Crippen LogP contribution in [0.3, 0.4) is 0 Å². The summed E-state index contributed by atoms with van der Waals surface area (Å²) in [5.41, 5.74) is 6.48. The van der Waals surface area contributed by atoms with Gasteiger partial charge in [0.05, 0.1) is 5.02 Å². The standard InChI is InChI=1S/C15H20BrClN2O/c1-19(14-5-3-2-4-11(14)9-18)15(20)10-6-7-12(16)13(17)8-10/h6-8,11,14H,2-5,9,18H2,1H3. The molecule has 0 heterocycles. The molecule has 3 nitrogen and oxygen atoms in total. The zero-order valence-electron chi connectivity index (χ0n) is 11.6. The Kier molecular flexibility index (Phi) is 5.47. The SMILES string of the molecule is CN(C(=O)c1ccc(Br)c(Cl)c1)C1CCCCC1CN. The van der Waals surface area contributed by atoms with Gasteiger partial charge in [0.25, 0.3) is 5.91 Å². The number of rotatable bonds is 3. The van der Waals surface area contributed by atoms with Crippen molar-refractivity contribution in [2.24, 2.45) is 11.7 Å². The van der Waals surface area contributed by atoms with Crippen LogP contribution in [-0.2, 0) is 0 Å². The van der Waals surface area contributed by atoms with Gasteiger partial charge in [-0.1, -0.05) is 24.4 Å². The molecular weight excluding hydrogens is 340 g/mol. The molecule has 110 valence electrons. The number of nitrogens with two attached hydrogens (primary N) is 1. The maximum atomic E-state index is 12.6. The van der Waals surface area contributed by atoms with Crippen molar-refractivity contribution in [1.82, 2.24) is 4.90 Å². The second-order valence-electron chi connectivity index (χ2n) is 5.39. The molecule has 2 atom stereocenters. The maximum Gasteiger partial charge on any atom is 0.253 e. The van der Waals surface area contributed by atoms with Crippen LogP contribution in [0.5, 0.6) is 0 Å². The highest BCUT2D eigenvalue weighted by Crippen LogP contribution is 2.29. The molecule has 5 heteroatoms. The third-order valence-electron chi connectivity index (χ3n) is 4.16. The van der Waals surface area contributed by atoms with Crippen LogP contribution < -0.4 is 5.73 Å². The van der Waals surface area contributed by atoms with Gasteiger partial charge in [-0.3, -0.25) is 4.79 Å². The summed E-state index contributed by atoms with van der Waals surface area (Å²) in [6.45, 7) is 0.642. The zero-order valence-corrected chi connectivity index (χ0v) is 14.0. The van der Waals surface area contributed by atoms with Gasteiger partial charge in [-0.25, -0.2) is 0 Å². The van der Waals surface area contributed by atoms with Gasteiger partial charge >= 0.3 is 0 Å². The maximum absolute atomic E-state index is 12.6. The number of halogens is 2. The van der Waals surface area contributed by atoms with E-state index in [2.05, 4.69) is 15.9 Å². The Hall–Kier alpha value is -0.580. The first kappa shape index (κ1) is 15.8. The van der Waals surface area contributed by atoms with Crippen LogP contribution in [0.4, 0.5) is 0 Å². The Morgan fingerprint density at radius 1 is 1.45 bits per heavy atom. The minimum Gasteiger partial charge on any atom is -0.338 e. The number of benzene rings is 1. The molecule has 0 saturated heterocycles. The van der Waals surface area contributed by atoms with Gasteiger partial charge in [-0.2, -0.15) is 0 Å². The predicted molar refractivity (Wildman–Crippen MR) is 86.0 cm³/mol. The third kappa shape index (κ3) is 3.35. The van der Waals surface area contributed by atoms with Gasteiger partial charge in [0.2, 0.25) is 0 Å². The summed E-state index contributed by atoms with van der Waals surface area (Å²) in [6.07, 6.45) is 4.53. The molecule has 1 aromatic rings. The summed E-state index contributed by atoms with van der Waals surface area (Å²) in [5, 5.41) is 0.559. The first-order chi connectivity index (χ1) is 9.54. The van der Waals surface area contributed by atoms with Gasteiger partial charge in [0.1, 0.15) is 0 Å². The molecule has 1 aliphatic rings. The van der Waals surface area contributed by atoms with Crippen LogP contribution in [0, 0.1) is 5.92 Å². The second-order valence-corrected chi connectivity index (χ2v) is 6.65. The molecule has 1 saturated carbocycles. The number of carbonyl (C=O) groups excluding carboxylic acids is 1. The monoisotopic (exact) mass is 358 g/mol. The van der Waals surface area contributed by atoms with E-state index in [1.54, 1.807) is 12.1 Å². The number of amides is 1. The fraction of sp³-hybridized carbons (Fsp3) is 0.533. The smallest absolute Gasteiger partial charge is 0.253 e. The van der Waals surface area contributed by atoms with Crippen LogP contribution in [-0.4, -0.2) is 30.4 Å². The molecule has 1 aliphatic carbocycles. The van der Waals surface area contributed by atoms with Crippen LogP contribution in [0.25, 0.3) is 0 Å². The molecule has 0 bridgehead atoms. The normalized spacial score (nSPS) is 22.6. The van der Waals surface area contributed by atoms with Crippen molar-refractivity contribution in [2.75, 3.05) is 13.6 Å². The highest BCUT2D eigenvalue weighted by atomic mass is 79.9. The third-order valence-corrected chi connectivity index (χ3v) is 5.39. The highest BCUT2D eigenvalue weighted by Gasteiger charge is 2.30. The van der Waals surface area contributed by atoms with E-state index in [9.17, 15) is 4.79 Å². The topological polar surface area (TPSA) is 46.3 Å². The predicted octanol–water partition coefficient (Wildman–Crippen LogP) is 3.69. The number of hydrogen-bond acceptors (Lipinski definition) is 2. The molecule has 0 aromatic heterocycles. The van der Waals surface area contributed by atoms with Gasteiger partial charge in [-0.05, 0) is 59.4 Å². The van der Waals surface area contributed by atoms with E-state index in [1.165, 1.54) is 12.8 Å². The summed E-state index contributed by atoms with van der Waals surface area (Å²) in [4.78, 5) is 14.4. The van der Waals surface area contributed by atoms with E-state index >= 15 is 0 Å². The minimum absolute atomic E-state index is 0.0183. The Labute approximate surface area is 133 Å². The van der Waals surface area contributed by atoms with Crippen LogP contribution in [0.1, 0.15) is 36.0 Å². The first-order valence-electron chi connectivity index (χ1n) is 6.97. The zero-order chi connectivity index (χ0) is 14.7. The van der Waals surface area contributed by atoms with Crippen molar-refractivity contribution in [3.8, 4) is 0 Å². The average molecular weight is 360 g/mol. The summed E-state index contributed by atoms with van der Waals surface area (Å²) >= 11 is 9.41. The van der Waals surface area contributed by atoms with Crippen molar-refractivity contribution in [1.29, 1.82) is 0 Å². The summed E-state index contributed by atoms with van der Waals surface area (Å²) in [7, 11) is 1.87. The van der Waals surface area contributed by atoms with E-state index in [0.29, 0.717) is 23.0 Å². The molecule has 1 amide bonds. The number of nitrogens with zero attached hydrogens (tertiary/aromatic N) is 1. The minimum atomic E-state index is 0.0183. The van der Waals surface area contributed by atoms with Crippen molar-refractivity contribution in [3.05, 3.63) is 33.3 Å². The van der Waals surface area contributed by atoms with Gasteiger partial charge in [-0.15, -0.1) is 0 Å². The molecule has 1 fully saturated rings. The average Bonchev–Trinajstić information content (AvgIpc) is 2.48.